The third kappa shape index (κ3) is 35.7. The number of allylic oxidation sites excluding steroid dienone is 4. The summed E-state index contributed by atoms with van der Waals surface area (Å²) in [6.07, 6.45) is 40.4. The van der Waals surface area contributed by atoms with Crippen LogP contribution < -0.4 is 0 Å². The lowest BCUT2D eigenvalue weighted by Gasteiger charge is -2.18. The van der Waals surface area contributed by atoms with Crippen LogP contribution in [0.2, 0.25) is 0 Å². The van der Waals surface area contributed by atoms with Crippen LogP contribution in [0.5, 0.6) is 0 Å². The number of esters is 3. The molecule has 0 aromatic heterocycles. The molecular formula is C41H73BrO6. The molecule has 0 rings (SSSR count). The first kappa shape index (κ1) is 46.4. The lowest BCUT2D eigenvalue weighted by Crippen LogP contribution is -2.31. The first-order chi connectivity index (χ1) is 23.5. The zero-order valence-electron chi connectivity index (χ0n) is 31.1. The summed E-state index contributed by atoms with van der Waals surface area (Å²) in [6, 6.07) is 0. The van der Waals surface area contributed by atoms with Gasteiger partial charge in [-0.25, -0.2) is 0 Å². The van der Waals surface area contributed by atoms with E-state index < -0.39 is 12.1 Å². The number of ether oxygens (including phenoxy) is 3. The number of carbonyl (C=O) groups excluding carboxylic acids is 3. The molecule has 280 valence electrons. The van der Waals surface area contributed by atoms with Gasteiger partial charge in [0.15, 0.2) is 6.10 Å². The van der Waals surface area contributed by atoms with Crippen LogP contribution in [0, 0.1) is 0 Å². The Balaban J connectivity index is 3.95. The van der Waals surface area contributed by atoms with E-state index in [1.165, 1.54) is 109 Å². The molecule has 0 saturated heterocycles. The maximum absolute atomic E-state index is 12.4. The molecule has 0 aliphatic carbocycles. The number of hydrogen-bond acceptors (Lipinski definition) is 6. The average molecular weight is 742 g/mol. The maximum atomic E-state index is 12.4. The van der Waals surface area contributed by atoms with Gasteiger partial charge in [0.1, 0.15) is 18.5 Å². The van der Waals surface area contributed by atoms with Crippen LogP contribution in [0.15, 0.2) is 24.3 Å². The standard InChI is InChI=1S/C41H73BrO6/c1-3-5-7-9-11-13-15-17-19-21-23-25-27-29-31-33-39(43)46-36-38(37-47-41(45)35-42)48-40(44)34-32-30-28-26-24-22-20-18-16-14-12-10-8-6-4-2/h17-20,38H,3-16,21-37H2,1-2H3/b19-17-,20-18-/t38-/m1/s1. The zero-order valence-corrected chi connectivity index (χ0v) is 32.7. The lowest BCUT2D eigenvalue weighted by molar-refractivity contribution is -0.166. The van der Waals surface area contributed by atoms with E-state index in [1.54, 1.807) is 0 Å². The van der Waals surface area contributed by atoms with Crippen LogP contribution in [0.1, 0.15) is 194 Å². The summed E-state index contributed by atoms with van der Waals surface area (Å²) < 4.78 is 16.1. The van der Waals surface area contributed by atoms with Gasteiger partial charge in [-0.05, 0) is 64.2 Å². The van der Waals surface area contributed by atoms with Crippen molar-refractivity contribution in [2.24, 2.45) is 0 Å². The van der Waals surface area contributed by atoms with E-state index in [2.05, 4.69) is 54.1 Å². The third-order valence-electron chi connectivity index (χ3n) is 8.55. The van der Waals surface area contributed by atoms with Crippen LogP contribution in [0.25, 0.3) is 0 Å². The van der Waals surface area contributed by atoms with Crippen molar-refractivity contribution < 1.29 is 28.6 Å². The molecule has 48 heavy (non-hydrogen) atoms. The Morgan fingerprint density at radius 2 is 0.792 bits per heavy atom. The highest BCUT2D eigenvalue weighted by Gasteiger charge is 2.19. The van der Waals surface area contributed by atoms with Crippen LogP contribution in [0.3, 0.4) is 0 Å². The van der Waals surface area contributed by atoms with Gasteiger partial charge in [0.2, 0.25) is 0 Å². The van der Waals surface area contributed by atoms with Crippen molar-refractivity contribution in [1.82, 2.24) is 0 Å². The fraction of sp³-hybridized carbons (Fsp3) is 0.829. The van der Waals surface area contributed by atoms with Gasteiger partial charge >= 0.3 is 17.9 Å². The molecule has 0 unspecified atom stereocenters. The molecule has 1 atom stereocenters. The minimum Gasteiger partial charge on any atom is -0.462 e. The SMILES string of the molecule is CCCCCCCC/C=C\CCCCCCCC(=O)OC[C@H](COC(=O)CBr)OC(=O)CCCCCCC/C=C\CCCCCCCC. The number of halogens is 1. The Bertz CT molecular complexity index is 796. The second kappa shape index (κ2) is 38.2. The molecule has 0 aliphatic heterocycles. The highest BCUT2D eigenvalue weighted by atomic mass is 79.9. The lowest BCUT2D eigenvalue weighted by atomic mass is 10.1. The Hall–Kier alpha value is -1.63. The number of carbonyl (C=O) groups is 3. The zero-order chi connectivity index (χ0) is 35.2. The molecule has 7 heteroatoms. The maximum Gasteiger partial charge on any atom is 0.316 e. The van der Waals surface area contributed by atoms with E-state index >= 15 is 0 Å². The summed E-state index contributed by atoms with van der Waals surface area (Å²) in [7, 11) is 0. The number of rotatable bonds is 36. The van der Waals surface area contributed by atoms with Crippen molar-refractivity contribution in [3.05, 3.63) is 24.3 Å². The molecule has 0 aromatic carbocycles. The summed E-state index contributed by atoms with van der Waals surface area (Å²) in [5.41, 5.74) is 0. The molecule has 0 heterocycles. The smallest absolute Gasteiger partial charge is 0.316 e. The van der Waals surface area contributed by atoms with Gasteiger partial charge in [-0.1, -0.05) is 157 Å². The van der Waals surface area contributed by atoms with Gasteiger partial charge in [0.05, 0.1) is 0 Å². The minimum atomic E-state index is -0.790. The molecule has 0 spiro atoms. The van der Waals surface area contributed by atoms with Gasteiger partial charge in [-0.2, -0.15) is 0 Å². The Kier molecular flexibility index (Phi) is 36.9. The van der Waals surface area contributed by atoms with Gasteiger partial charge in [0.25, 0.3) is 0 Å². The highest BCUT2D eigenvalue weighted by molar-refractivity contribution is 9.09. The number of alkyl halides is 1. The van der Waals surface area contributed by atoms with Crippen molar-refractivity contribution in [3.8, 4) is 0 Å². The molecule has 0 saturated carbocycles. The van der Waals surface area contributed by atoms with Gasteiger partial charge < -0.3 is 14.2 Å². The predicted octanol–water partition coefficient (Wildman–Crippen LogP) is 12.5. The summed E-state index contributed by atoms with van der Waals surface area (Å²) in [6.45, 7) is 4.29. The number of unbranched alkanes of at least 4 members (excludes halogenated alkanes) is 22. The number of hydrogen-bond donors (Lipinski definition) is 0. The largest absolute Gasteiger partial charge is 0.462 e. The molecule has 0 amide bonds. The first-order valence-corrected chi connectivity index (χ1v) is 21.0. The summed E-state index contributed by atoms with van der Waals surface area (Å²) >= 11 is 3.07. The second-order valence-electron chi connectivity index (χ2n) is 13.3. The van der Waals surface area contributed by atoms with Gasteiger partial charge in [-0.3, -0.25) is 14.4 Å². The van der Waals surface area contributed by atoms with Crippen molar-refractivity contribution in [1.29, 1.82) is 0 Å². The predicted molar refractivity (Wildman–Crippen MR) is 204 cm³/mol. The Morgan fingerprint density at radius 3 is 1.19 bits per heavy atom. The molecule has 0 aliphatic rings. The quantitative estimate of drug-likeness (QED) is 0.0209. The van der Waals surface area contributed by atoms with Crippen molar-refractivity contribution in [2.75, 3.05) is 18.5 Å². The summed E-state index contributed by atoms with van der Waals surface area (Å²) in [5, 5.41) is 0.0534. The molecule has 0 N–H and O–H groups in total. The van der Waals surface area contributed by atoms with E-state index in [4.69, 9.17) is 14.2 Å². The minimum absolute atomic E-state index is 0.0534. The fourth-order valence-corrected chi connectivity index (χ4v) is 5.69. The Labute approximate surface area is 304 Å². The van der Waals surface area contributed by atoms with E-state index in [1.807, 2.05) is 0 Å². The van der Waals surface area contributed by atoms with Crippen molar-refractivity contribution in [3.63, 3.8) is 0 Å². The molecule has 0 bridgehead atoms. The molecule has 0 aromatic rings. The Morgan fingerprint density at radius 1 is 0.458 bits per heavy atom. The van der Waals surface area contributed by atoms with E-state index in [0.717, 1.165) is 57.8 Å². The molecule has 0 radical (unpaired) electrons. The van der Waals surface area contributed by atoms with Crippen LogP contribution in [-0.2, 0) is 28.6 Å². The topological polar surface area (TPSA) is 78.9 Å². The van der Waals surface area contributed by atoms with Crippen molar-refractivity contribution in [2.45, 2.75) is 200 Å². The van der Waals surface area contributed by atoms with Crippen molar-refractivity contribution >= 4 is 33.8 Å². The highest BCUT2D eigenvalue weighted by Crippen LogP contribution is 2.13. The van der Waals surface area contributed by atoms with E-state index in [0.29, 0.717) is 12.8 Å². The summed E-state index contributed by atoms with van der Waals surface area (Å²) in [5.74, 6) is -1.11. The second-order valence-corrected chi connectivity index (χ2v) is 13.8. The summed E-state index contributed by atoms with van der Waals surface area (Å²) in [4.78, 5) is 36.4. The molecule has 6 nitrogen and oxygen atoms in total. The van der Waals surface area contributed by atoms with E-state index in [-0.39, 0.29) is 30.5 Å². The van der Waals surface area contributed by atoms with E-state index in [9.17, 15) is 14.4 Å². The van der Waals surface area contributed by atoms with Gasteiger partial charge in [0, 0.05) is 12.8 Å². The monoisotopic (exact) mass is 740 g/mol. The molecule has 0 fully saturated rings. The average Bonchev–Trinajstić information content (AvgIpc) is 3.09. The van der Waals surface area contributed by atoms with Crippen LogP contribution in [0.4, 0.5) is 0 Å². The van der Waals surface area contributed by atoms with Crippen LogP contribution >= 0.6 is 15.9 Å². The fourth-order valence-electron chi connectivity index (χ4n) is 5.52. The normalized spacial score (nSPS) is 12.1. The van der Waals surface area contributed by atoms with Crippen LogP contribution in [-0.4, -0.2) is 42.6 Å². The third-order valence-corrected chi connectivity index (χ3v) is 9.01. The molecular weight excluding hydrogens is 668 g/mol. The first-order valence-electron chi connectivity index (χ1n) is 19.9. The van der Waals surface area contributed by atoms with Gasteiger partial charge in [-0.15, -0.1) is 0 Å².